The number of nitrogens with one attached hydrogen (secondary N) is 1. The van der Waals surface area contributed by atoms with Crippen molar-refractivity contribution in [1.82, 2.24) is 5.32 Å². The summed E-state index contributed by atoms with van der Waals surface area (Å²) in [7, 11) is 0. The van der Waals surface area contributed by atoms with Gasteiger partial charge in [0.15, 0.2) is 0 Å². The van der Waals surface area contributed by atoms with Crippen molar-refractivity contribution in [1.29, 1.82) is 0 Å². The van der Waals surface area contributed by atoms with E-state index in [-0.39, 0.29) is 23.9 Å². The van der Waals surface area contributed by atoms with Gasteiger partial charge in [-0.1, -0.05) is 6.07 Å². The van der Waals surface area contributed by atoms with Crippen molar-refractivity contribution >= 4 is 24.0 Å². The fourth-order valence-corrected chi connectivity index (χ4v) is 1.09. The van der Waals surface area contributed by atoms with Crippen molar-refractivity contribution in [3.05, 3.63) is 29.8 Å². The molecule has 84 valence electrons. The zero-order valence-corrected chi connectivity index (χ0v) is 10.0. The largest absolute Gasteiger partial charge is 0.399 e. The average molecular weight is 229 g/mol. The lowest BCUT2D eigenvalue weighted by atomic mass is 10.1. The van der Waals surface area contributed by atoms with Gasteiger partial charge in [-0.15, -0.1) is 12.4 Å². The number of hydrogen-bond acceptors (Lipinski definition) is 2. The van der Waals surface area contributed by atoms with Crippen molar-refractivity contribution < 1.29 is 4.79 Å². The first kappa shape index (κ1) is 13.8. The maximum absolute atomic E-state index is 11.6. The van der Waals surface area contributed by atoms with Crippen LogP contribution in [0.4, 0.5) is 5.69 Å². The van der Waals surface area contributed by atoms with Crippen LogP contribution >= 0.6 is 12.4 Å². The molecular formula is C11H17ClN2O. The minimum Gasteiger partial charge on any atom is -0.399 e. The molecule has 15 heavy (non-hydrogen) atoms. The second-order valence-electron chi connectivity index (χ2n) is 4.33. The Bertz CT molecular complexity index is 345. The van der Waals surface area contributed by atoms with E-state index in [1.165, 1.54) is 0 Å². The molecule has 0 aliphatic carbocycles. The Morgan fingerprint density at radius 1 is 1.33 bits per heavy atom. The number of carbonyl (C=O) groups is 1. The molecule has 0 aliphatic heterocycles. The van der Waals surface area contributed by atoms with Gasteiger partial charge in [-0.3, -0.25) is 4.79 Å². The minimum absolute atomic E-state index is 0. The summed E-state index contributed by atoms with van der Waals surface area (Å²) in [5, 5.41) is 2.87. The Kier molecular flexibility index (Phi) is 4.62. The molecule has 0 aliphatic rings. The molecule has 1 rings (SSSR count). The molecule has 0 saturated carbocycles. The lowest BCUT2D eigenvalue weighted by Crippen LogP contribution is -2.40. The highest BCUT2D eigenvalue weighted by Gasteiger charge is 2.14. The van der Waals surface area contributed by atoms with E-state index in [0.29, 0.717) is 11.3 Å². The van der Waals surface area contributed by atoms with E-state index in [2.05, 4.69) is 5.32 Å². The Morgan fingerprint density at radius 3 is 2.40 bits per heavy atom. The van der Waals surface area contributed by atoms with E-state index in [1.54, 1.807) is 24.3 Å². The minimum atomic E-state index is -0.221. The molecule has 3 nitrogen and oxygen atoms in total. The number of amides is 1. The van der Waals surface area contributed by atoms with E-state index in [4.69, 9.17) is 5.73 Å². The molecule has 3 N–H and O–H groups in total. The molecule has 0 radical (unpaired) electrons. The number of anilines is 1. The van der Waals surface area contributed by atoms with Crippen LogP contribution in [0.1, 0.15) is 31.1 Å². The Balaban J connectivity index is 0.00000196. The number of nitrogen functional groups attached to an aromatic ring is 1. The summed E-state index contributed by atoms with van der Waals surface area (Å²) in [6, 6.07) is 6.94. The molecule has 1 aromatic carbocycles. The van der Waals surface area contributed by atoms with Gasteiger partial charge in [0.05, 0.1) is 0 Å². The van der Waals surface area contributed by atoms with Gasteiger partial charge in [0.1, 0.15) is 0 Å². The summed E-state index contributed by atoms with van der Waals surface area (Å²) < 4.78 is 0. The highest BCUT2D eigenvalue weighted by atomic mass is 35.5. The summed E-state index contributed by atoms with van der Waals surface area (Å²) in [6.45, 7) is 5.82. The van der Waals surface area contributed by atoms with Crippen molar-refractivity contribution in [2.75, 3.05) is 5.73 Å². The molecule has 0 spiro atoms. The molecular weight excluding hydrogens is 212 g/mol. The highest BCUT2D eigenvalue weighted by molar-refractivity contribution is 5.95. The van der Waals surface area contributed by atoms with Gasteiger partial charge in [-0.2, -0.15) is 0 Å². The number of rotatable bonds is 1. The summed E-state index contributed by atoms with van der Waals surface area (Å²) in [4.78, 5) is 11.6. The van der Waals surface area contributed by atoms with E-state index in [1.807, 2.05) is 20.8 Å². The van der Waals surface area contributed by atoms with Crippen LogP contribution in [-0.4, -0.2) is 11.4 Å². The molecule has 0 atom stereocenters. The Morgan fingerprint density at radius 2 is 1.93 bits per heavy atom. The first-order valence-electron chi connectivity index (χ1n) is 4.56. The maximum atomic E-state index is 11.6. The van der Waals surface area contributed by atoms with Crippen molar-refractivity contribution in [2.24, 2.45) is 0 Å². The number of halogens is 1. The molecule has 0 bridgehead atoms. The van der Waals surface area contributed by atoms with Gasteiger partial charge in [-0.05, 0) is 39.0 Å². The van der Waals surface area contributed by atoms with Crippen LogP contribution in [0.25, 0.3) is 0 Å². The smallest absolute Gasteiger partial charge is 0.251 e. The lowest BCUT2D eigenvalue weighted by Gasteiger charge is -2.20. The monoisotopic (exact) mass is 228 g/mol. The SMILES string of the molecule is CC(C)(C)NC(=O)c1cccc(N)c1.Cl. The predicted molar refractivity (Wildman–Crippen MR) is 65.3 cm³/mol. The third kappa shape index (κ3) is 4.70. The molecule has 1 amide bonds. The maximum Gasteiger partial charge on any atom is 0.251 e. The van der Waals surface area contributed by atoms with Crippen LogP contribution in [0.5, 0.6) is 0 Å². The van der Waals surface area contributed by atoms with Crippen LogP contribution in [0.3, 0.4) is 0 Å². The highest BCUT2D eigenvalue weighted by Crippen LogP contribution is 2.08. The molecule has 0 unspecified atom stereocenters. The quantitative estimate of drug-likeness (QED) is 0.725. The topological polar surface area (TPSA) is 55.1 Å². The third-order valence-electron chi connectivity index (χ3n) is 1.64. The molecule has 1 aromatic rings. The van der Waals surface area contributed by atoms with Crippen molar-refractivity contribution in [2.45, 2.75) is 26.3 Å². The fourth-order valence-electron chi connectivity index (χ4n) is 1.09. The van der Waals surface area contributed by atoms with Crippen LogP contribution in [0.2, 0.25) is 0 Å². The van der Waals surface area contributed by atoms with Crippen LogP contribution in [0.15, 0.2) is 24.3 Å². The van der Waals surface area contributed by atoms with Crippen molar-refractivity contribution in [3.8, 4) is 0 Å². The molecule has 4 heteroatoms. The molecule has 0 fully saturated rings. The zero-order chi connectivity index (χ0) is 10.8. The lowest BCUT2D eigenvalue weighted by molar-refractivity contribution is 0.0919. The summed E-state index contributed by atoms with van der Waals surface area (Å²) in [6.07, 6.45) is 0. The van der Waals surface area contributed by atoms with E-state index < -0.39 is 0 Å². The number of carbonyl (C=O) groups excluding carboxylic acids is 1. The summed E-state index contributed by atoms with van der Waals surface area (Å²) in [5.41, 5.74) is 6.56. The number of hydrogen-bond donors (Lipinski definition) is 2. The first-order chi connectivity index (χ1) is 6.38. The second-order valence-corrected chi connectivity index (χ2v) is 4.33. The van der Waals surface area contributed by atoms with Crippen LogP contribution < -0.4 is 11.1 Å². The normalized spacial score (nSPS) is 10.3. The van der Waals surface area contributed by atoms with Crippen molar-refractivity contribution in [3.63, 3.8) is 0 Å². The van der Waals surface area contributed by atoms with E-state index in [0.717, 1.165) is 0 Å². The Labute approximate surface area is 96.5 Å². The average Bonchev–Trinajstić information content (AvgIpc) is 2.01. The predicted octanol–water partition coefficient (Wildman–Crippen LogP) is 2.22. The van der Waals surface area contributed by atoms with Gasteiger partial charge in [0.25, 0.3) is 5.91 Å². The fraction of sp³-hybridized carbons (Fsp3) is 0.364. The van der Waals surface area contributed by atoms with E-state index in [9.17, 15) is 4.79 Å². The molecule has 0 saturated heterocycles. The molecule has 0 heterocycles. The van der Waals surface area contributed by atoms with Gasteiger partial charge in [-0.25, -0.2) is 0 Å². The Hall–Kier alpha value is -1.22. The van der Waals surface area contributed by atoms with Gasteiger partial charge < -0.3 is 11.1 Å². The van der Waals surface area contributed by atoms with Crippen LogP contribution in [0, 0.1) is 0 Å². The van der Waals surface area contributed by atoms with Gasteiger partial charge in [0, 0.05) is 16.8 Å². The second kappa shape index (κ2) is 5.03. The number of nitrogens with two attached hydrogens (primary N) is 1. The molecule has 0 aromatic heterocycles. The van der Waals surface area contributed by atoms with Gasteiger partial charge in [0.2, 0.25) is 0 Å². The third-order valence-corrected chi connectivity index (χ3v) is 1.64. The number of benzene rings is 1. The van der Waals surface area contributed by atoms with Gasteiger partial charge >= 0.3 is 0 Å². The summed E-state index contributed by atoms with van der Waals surface area (Å²) >= 11 is 0. The summed E-state index contributed by atoms with van der Waals surface area (Å²) in [5.74, 6) is -0.0928. The standard InChI is InChI=1S/C11H16N2O.ClH/c1-11(2,3)13-10(14)8-5-4-6-9(12)7-8;/h4-7H,12H2,1-3H3,(H,13,14);1H. The zero-order valence-electron chi connectivity index (χ0n) is 9.20. The van der Waals surface area contributed by atoms with Crippen LogP contribution in [-0.2, 0) is 0 Å². The first-order valence-corrected chi connectivity index (χ1v) is 4.56. The van der Waals surface area contributed by atoms with E-state index >= 15 is 0 Å².